The molecule has 1 rings (SSSR count). The smallest absolute Gasteiger partial charge is 0.281 e. The van der Waals surface area contributed by atoms with Gasteiger partial charge in [0.15, 0.2) is 6.04 Å². The molecule has 142 valence electrons. The van der Waals surface area contributed by atoms with Crippen LogP contribution in [0.15, 0.2) is 0 Å². The number of amides is 4. The van der Waals surface area contributed by atoms with E-state index in [0.717, 1.165) is 6.42 Å². The van der Waals surface area contributed by atoms with Gasteiger partial charge < -0.3 is 27.0 Å². The van der Waals surface area contributed by atoms with Gasteiger partial charge in [0.1, 0.15) is 12.1 Å². The molecule has 0 aromatic carbocycles. The zero-order valence-corrected chi connectivity index (χ0v) is 15.2. The Labute approximate surface area is 147 Å². The Morgan fingerprint density at radius 2 is 1.88 bits per heavy atom. The first-order valence-electron chi connectivity index (χ1n) is 8.63. The molecule has 3 atom stereocenters. The minimum absolute atomic E-state index is 0.158. The zero-order chi connectivity index (χ0) is 19.1. The molecule has 7 N–H and O–H groups in total. The summed E-state index contributed by atoms with van der Waals surface area (Å²) >= 11 is 0. The molecular weight excluding hydrogens is 326 g/mol. The second-order valence-corrected chi connectivity index (χ2v) is 6.97. The van der Waals surface area contributed by atoms with E-state index in [-0.39, 0.29) is 24.3 Å². The van der Waals surface area contributed by atoms with Gasteiger partial charge in [0.05, 0.1) is 6.54 Å². The van der Waals surface area contributed by atoms with Gasteiger partial charge >= 0.3 is 0 Å². The van der Waals surface area contributed by atoms with Gasteiger partial charge in [-0.15, -0.1) is 0 Å². The molecular formula is C16H30N5O4+. The van der Waals surface area contributed by atoms with E-state index in [4.69, 9.17) is 5.73 Å². The largest absolute Gasteiger partial charge is 0.368 e. The predicted octanol–water partition coefficient (Wildman–Crippen LogP) is -2.26. The number of hydrogen-bond donors (Lipinski definition) is 4. The van der Waals surface area contributed by atoms with Crippen molar-refractivity contribution < 1.29 is 24.9 Å². The Kier molecular flexibility index (Phi) is 7.82. The van der Waals surface area contributed by atoms with Crippen molar-refractivity contribution in [3.05, 3.63) is 0 Å². The summed E-state index contributed by atoms with van der Waals surface area (Å²) in [7, 11) is 0. The van der Waals surface area contributed by atoms with Crippen molar-refractivity contribution in [3.63, 3.8) is 0 Å². The maximum absolute atomic E-state index is 12.6. The molecule has 0 aromatic heterocycles. The van der Waals surface area contributed by atoms with Crippen LogP contribution in [0.3, 0.4) is 0 Å². The molecule has 1 aliphatic rings. The Hall–Kier alpha value is -2.16. The second kappa shape index (κ2) is 9.36. The third-order valence-electron chi connectivity index (χ3n) is 4.04. The lowest BCUT2D eigenvalue weighted by Gasteiger charge is -2.27. The van der Waals surface area contributed by atoms with E-state index in [1.807, 2.05) is 13.8 Å². The lowest BCUT2D eigenvalue weighted by molar-refractivity contribution is -0.400. The molecule has 9 heteroatoms. The van der Waals surface area contributed by atoms with Gasteiger partial charge in [-0.05, 0) is 32.1 Å². The lowest BCUT2D eigenvalue weighted by Crippen LogP contribution is -2.67. The number of carbonyl (C=O) groups excluding carboxylic acids is 4. The molecule has 9 nitrogen and oxygen atoms in total. The highest BCUT2D eigenvalue weighted by Crippen LogP contribution is 2.18. The minimum atomic E-state index is -0.776. The van der Waals surface area contributed by atoms with Crippen LogP contribution in [0, 0.1) is 5.92 Å². The summed E-state index contributed by atoms with van der Waals surface area (Å²) in [6.07, 6.45) is 1.71. The fraction of sp³-hybridized carbons (Fsp3) is 0.750. The van der Waals surface area contributed by atoms with E-state index in [9.17, 15) is 19.2 Å². The molecule has 0 unspecified atom stereocenters. The van der Waals surface area contributed by atoms with Gasteiger partial charge in [0.25, 0.3) is 5.91 Å². The fourth-order valence-electron chi connectivity index (χ4n) is 2.85. The molecule has 1 heterocycles. The predicted molar refractivity (Wildman–Crippen MR) is 90.7 cm³/mol. The molecule has 4 amide bonds. The number of likely N-dealkylation sites (tertiary alicyclic amines) is 1. The van der Waals surface area contributed by atoms with Crippen LogP contribution in [0.5, 0.6) is 0 Å². The molecule has 1 saturated heterocycles. The first-order chi connectivity index (χ1) is 11.6. The molecule has 1 fully saturated rings. The number of nitrogens with zero attached hydrogens (tertiary/aromatic N) is 1. The van der Waals surface area contributed by atoms with Crippen LogP contribution in [0.1, 0.15) is 40.0 Å². The zero-order valence-electron chi connectivity index (χ0n) is 15.2. The van der Waals surface area contributed by atoms with Crippen molar-refractivity contribution >= 4 is 23.6 Å². The Balaban J connectivity index is 2.77. The Morgan fingerprint density at radius 1 is 1.24 bits per heavy atom. The van der Waals surface area contributed by atoms with Crippen molar-refractivity contribution in [2.24, 2.45) is 11.7 Å². The molecule has 0 aromatic rings. The van der Waals surface area contributed by atoms with Gasteiger partial charge in [-0.1, -0.05) is 13.8 Å². The number of hydrogen-bond acceptors (Lipinski definition) is 4. The second-order valence-electron chi connectivity index (χ2n) is 6.97. The summed E-state index contributed by atoms with van der Waals surface area (Å²) in [5.41, 5.74) is 8.75. The average Bonchev–Trinajstić information content (AvgIpc) is 2.99. The highest BCUT2D eigenvalue weighted by Gasteiger charge is 2.37. The summed E-state index contributed by atoms with van der Waals surface area (Å²) in [5.74, 6) is -1.48. The van der Waals surface area contributed by atoms with Crippen LogP contribution in [0.25, 0.3) is 0 Å². The standard InChI is InChI=1S/C16H29N5O4/c1-9(2)7-11(14(23)19-8-13(18)22)20-15(24)12-5-4-6-21(12)16(25)10(3)17/h9-12H,4-8,17H2,1-3H3,(H2,18,22)(H,19,23)(H,20,24)/p+1/t10-,11-,12-/m0/s1. The first-order valence-corrected chi connectivity index (χ1v) is 8.63. The van der Waals surface area contributed by atoms with Crippen LogP contribution in [-0.2, 0) is 19.2 Å². The van der Waals surface area contributed by atoms with E-state index < -0.39 is 29.9 Å². The summed E-state index contributed by atoms with van der Waals surface area (Å²) in [4.78, 5) is 49.4. The number of nitrogens with one attached hydrogen (secondary N) is 2. The van der Waals surface area contributed by atoms with Gasteiger partial charge in [-0.2, -0.15) is 0 Å². The van der Waals surface area contributed by atoms with Crippen molar-refractivity contribution in [1.82, 2.24) is 15.5 Å². The van der Waals surface area contributed by atoms with Gasteiger partial charge in [-0.25, -0.2) is 0 Å². The SMILES string of the molecule is CC(C)C[C@H](NC(=O)[C@@H]1CCCN1C(=O)[C@H](C)[NH3+])C(=O)NCC(N)=O. The van der Waals surface area contributed by atoms with Crippen molar-refractivity contribution in [3.8, 4) is 0 Å². The highest BCUT2D eigenvalue weighted by molar-refractivity contribution is 5.94. The van der Waals surface area contributed by atoms with Gasteiger partial charge in [0, 0.05) is 6.54 Å². The Morgan fingerprint density at radius 3 is 2.40 bits per heavy atom. The van der Waals surface area contributed by atoms with Crippen molar-refractivity contribution in [2.45, 2.75) is 58.2 Å². The minimum Gasteiger partial charge on any atom is -0.368 e. The number of primary amides is 1. The van der Waals surface area contributed by atoms with Crippen molar-refractivity contribution in [1.29, 1.82) is 0 Å². The number of rotatable bonds is 8. The van der Waals surface area contributed by atoms with Crippen LogP contribution >= 0.6 is 0 Å². The molecule has 0 saturated carbocycles. The van der Waals surface area contributed by atoms with Crippen molar-refractivity contribution in [2.75, 3.05) is 13.1 Å². The maximum Gasteiger partial charge on any atom is 0.281 e. The number of quaternary nitrogens is 1. The first kappa shape index (κ1) is 20.9. The van der Waals surface area contributed by atoms with Gasteiger partial charge in [0.2, 0.25) is 17.7 Å². The van der Waals surface area contributed by atoms with E-state index in [2.05, 4.69) is 16.4 Å². The molecule has 0 bridgehead atoms. The van der Waals surface area contributed by atoms with Crippen LogP contribution in [-0.4, -0.2) is 59.7 Å². The molecule has 0 radical (unpaired) electrons. The van der Waals surface area contributed by atoms with Gasteiger partial charge in [-0.3, -0.25) is 19.2 Å². The topological polar surface area (TPSA) is 149 Å². The summed E-state index contributed by atoms with van der Waals surface area (Å²) in [6.45, 7) is 5.77. The van der Waals surface area contributed by atoms with Crippen LogP contribution in [0.4, 0.5) is 0 Å². The highest BCUT2D eigenvalue weighted by atomic mass is 16.2. The maximum atomic E-state index is 12.6. The molecule has 1 aliphatic heterocycles. The normalized spacial score (nSPS) is 19.4. The van der Waals surface area contributed by atoms with Crippen LogP contribution < -0.4 is 22.1 Å². The third-order valence-corrected chi connectivity index (χ3v) is 4.04. The number of carbonyl (C=O) groups is 4. The molecule has 25 heavy (non-hydrogen) atoms. The quantitative estimate of drug-likeness (QED) is 0.388. The van der Waals surface area contributed by atoms with Crippen LogP contribution in [0.2, 0.25) is 0 Å². The molecule has 0 spiro atoms. The number of nitrogens with two attached hydrogens (primary N) is 1. The average molecular weight is 356 g/mol. The third kappa shape index (κ3) is 6.33. The molecule has 0 aliphatic carbocycles. The fourth-order valence-corrected chi connectivity index (χ4v) is 2.85. The monoisotopic (exact) mass is 356 g/mol. The Bertz CT molecular complexity index is 521. The van der Waals surface area contributed by atoms with E-state index in [1.54, 1.807) is 6.92 Å². The summed E-state index contributed by atoms with van der Waals surface area (Å²) in [5, 5.41) is 5.14. The summed E-state index contributed by atoms with van der Waals surface area (Å²) in [6, 6.07) is -1.80. The summed E-state index contributed by atoms with van der Waals surface area (Å²) < 4.78 is 0. The lowest BCUT2D eigenvalue weighted by atomic mass is 10.0. The van der Waals surface area contributed by atoms with E-state index in [0.29, 0.717) is 19.4 Å². The van der Waals surface area contributed by atoms with E-state index in [1.165, 1.54) is 4.90 Å². The van der Waals surface area contributed by atoms with E-state index >= 15 is 0 Å².